The van der Waals surface area contributed by atoms with Gasteiger partial charge in [0.2, 0.25) is 0 Å². The van der Waals surface area contributed by atoms with E-state index < -0.39 is 0 Å². The Labute approximate surface area is 351 Å². The Morgan fingerprint density at radius 3 is 2.18 bits per heavy atom. The van der Waals surface area contributed by atoms with Gasteiger partial charge in [-0.25, -0.2) is 15.0 Å². The number of benzene rings is 6. The van der Waals surface area contributed by atoms with Crippen LogP contribution in [0.3, 0.4) is 0 Å². The number of allylic oxidation sites excluding steroid dienone is 6. The van der Waals surface area contributed by atoms with E-state index in [2.05, 4.69) is 164 Å². The van der Waals surface area contributed by atoms with Gasteiger partial charge in [-0.3, -0.25) is 0 Å². The monoisotopic (exact) mass is 787 g/mol. The lowest BCUT2D eigenvalue weighted by atomic mass is 9.81. The Morgan fingerprint density at radius 1 is 0.600 bits per heavy atom. The number of aromatic nitrogens is 3. The van der Waals surface area contributed by atoms with Crippen LogP contribution in [0.15, 0.2) is 186 Å². The summed E-state index contributed by atoms with van der Waals surface area (Å²) < 4.78 is 8.98. The topological polar surface area (TPSA) is 51.8 Å². The third-order valence-electron chi connectivity index (χ3n) is 12.2. The van der Waals surface area contributed by atoms with Gasteiger partial charge in [0.25, 0.3) is 0 Å². The van der Waals surface area contributed by atoms with E-state index in [1.165, 1.54) is 58.8 Å². The summed E-state index contributed by atoms with van der Waals surface area (Å²) in [7, 11) is 0. The minimum atomic E-state index is 0.187. The average Bonchev–Trinajstić information content (AvgIpc) is 3.91. The third kappa shape index (κ3) is 5.84. The highest BCUT2D eigenvalue weighted by molar-refractivity contribution is 7.26. The highest BCUT2D eigenvalue weighted by Crippen LogP contribution is 2.46. The van der Waals surface area contributed by atoms with E-state index in [4.69, 9.17) is 19.4 Å². The molecule has 0 amide bonds. The van der Waals surface area contributed by atoms with E-state index in [-0.39, 0.29) is 5.92 Å². The quantitative estimate of drug-likeness (QED) is 0.168. The van der Waals surface area contributed by atoms with Gasteiger partial charge in [-0.15, -0.1) is 11.3 Å². The minimum Gasteiger partial charge on any atom is -0.456 e. The van der Waals surface area contributed by atoms with Crippen molar-refractivity contribution in [1.82, 2.24) is 15.0 Å². The van der Waals surface area contributed by atoms with Gasteiger partial charge >= 0.3 is 0 Å². The Morgan fingerprint density at radius 2 is 1.33 bits per heavy atom. The summed E-state index contributed by atoms with van der Waals surface area (Å²) in [5.74, 6) is 1.94. The van der Waals surface area contributed by atoms with E-state index in [0.29, 0.717) is 5.82 Å². The molecule has 4 aromatic heterocycles. The van der Waals surface area contributed by atoms with Crippen LogP contribution in [0.5, 0.6) is 0 Å². The Kier molecular flexibility index (Phi) is 8.27. The van der Waals surface area contributed by atoms with Crippen LogP contribution < -0.4 is 0 Å². The molecule has 0 aliphatic heterocycles. The Hall–Kier alpha value is -7.21. The van der Waals surface area contributed by atoms with Crippen molar-refractivity contribution < 1.29 is 4.42 Å². The van der Waals surface area contributed by atoms with E-state index >= 15 is 0 Å². The second kappa shape index (κ2) is 14.3. The first-order valence-corrected chi connectivity index (χ1v) is 21.5. The molecule has 10 aromatic rings. The molecule has 284 valence electrons. The predicted molar refractivity (Wildman–Crippen MR) is 250 cm³/mol. The van der Waals surface area contributed by atoms with Crippen LogP contribution in [-0.4, -0.2) is 15.0 Å². The smallest absolute Gasteiger partial charge is 0.160 e. The Bertz CT molecular complexity index is 3390. The molecule has 4 nitrogen and oxygen atoms in total. The SMILES string of the molecule is C1=CC(C2=CCCc3c2oc2ccccc32)CC(c2cc(-c3ccc(-c4nc5cccc(-c6ccccc6)c5c5c4sc4ccccc45)cc3)nc(-c3ccccc3)n2)=C1. The molecule has 12 rings (SSSR count). The molecule has 4 heterocycles. The normalized spacial score (nSPS) is 15.1. The van der Waals surface area contributed by atoms with E-state index in [0.717, 1.165) is 69.9 Å². The number of nitrogens with zero attached hydrogens (tertiary/aromatic N) is 3. The second-order valence-corrected chi connectivity index (χ2v) is 16.8. The summed E-state index contributed by atoms with van der Waals surface area (Å²) in [5.41, 5.74) is 14.1. The van der Waals surface area contributed by atoms with Crippen molar-refractivity contribution in [3.63, 3.8) is 0 Å². The van der Waals surface area contributed by atoms with E-state index in [1.807, 2.05) is 29.5 Å². The lowest BCUT2D eigenvalue weighted by Crippen LogP contribution is -2.09. The van der Waals surface area contributed by atoms with Gasteiger partial charge in [0.05, 0.1) is 27.3 Å². The number of rotatable bonds is 6. The predicted octanol–water partition coefficient (Wildman–Crippen LogP) is 14.8. The highest BCUT2D eigenvalue weighted by Gasteiger charge is 2.28. The van der Waals surface area contributed by atoms with E-state index in [9.17, 15) is 0 Å². The molecule has 0 spiro atoms. The molecule has 0 saturated heterocycles. The molecule has 5 heteroatoms. The number of pyridine rings is 1. The zero-order valence-electron chi connectivity index (χ0n) is 32.7. The van der Waals surface area contributed by atoms with Crippen molar-refractivity contribution in [2.75, 3.05) is 0 Å². The molecule has 1 unspecified atom stereocenters. The number of para-hydroxylation sites is 1. The van der Waals surface area contributed by atoms with Crippen LogP contribution in [0.25, 0.3) is 98.2 Å². The molecule has 60 heavy (non-hydrogen) atoms. The van der Waals surface area contributed by atoms with Gasteiger partial charge in [0, 0.05) is 54.4 Å². The van der Waals surface area contributed by atoms with Crippen molar-refractivity contribution in [3.05, 3.63) is 199 Å². The maximum atomic E-state index is 6.53. The molecule has 6 aromatic carbocycles. The largest absolute Gasteiger partial charge is 0.456 e. The molecule has 0 saturated carbocycles. The molecule has 2 aliphatic rings. The lowest BCUT2D eigenvalue weighted by molar-refractivity contribution is 0.579. The van der Waals surface area contributed by atoms with Crippen molar-refractivity contribution >= 4 is 64.5 Å². The zero-order chi connectivity index (χ0) is 39.6. The molecule has 2 aliphatic carbocycles. The standard InChI is InChI=1S/C55H37N3OS/c1-3-14-34(15-4-1)40-22-13-25-45-50(40)51-44-21-8-10-27-49(44)60-54(51)52(56-45)36-30-28-35(29-31-36)46-33-47(58-55(57-46)37-16-5-2-6-17-37)39-19-11-18-38(32-39)41-23-12-24-43-42-20-7-9-26-48(42)59-53(41)43/h1-11,13-23,25-31,33,38H,12,24,32H2. The number of aryl methyl sites for hydroxylation is 1. The molecule has 0 N–H and O–H groups in total. The summed E-state index contributed by atoms with van der Waals surface area (Å²) in [6.45, 7) is 0. The van der Waals surface area contributed by atoms with Crippen molar-refractivity contribution in [2.24, 2.45) is 5.92 Å². The number of hydrogen-bond acceptors (Lipinski definition) is 5. The lowest BCUT2D eigenvalue weighted by Gasteiger charge is -2.23. The first-order valence-electron chi connectivity index (χ1n) is 20.7. The molecular formula is C55H37N3OS. The van der Waals surface area contributed by atoms with Crippen LogP contribution in [0.4, 0.5) is 0 Å². The zero-order valence-corrected chi connectivity index (χ0v) is 33.5. The fourth-order valence-corrected chi connectivity index (χ4v) is 10.5. The summed E-state index contributed by atoms with van der Waals surface area (Å²) in [5, 5.41) is 4.96. The summed E-state index contributed by atoms with van der Waals surface area (Å²) in [6.07, 6.45) is 11.9. The molecule has 1 atom stereocenters. The van der Waals surface area contributed by atoms with Crippen molar-refractivity contribution in [3.8, 4) is 45.0 Å². The number of furan rings is 1. The summed E-state index contributed by atoms with van der Waals surface area (Å²) in [6, 6.07) is 55.6. The van der Waals surface area contributed by atoms with Crippen molar-refractivity contribution in [2.45, 2.75) is 19.3 Å². The van der Waals surface area contributed by atoms with Gasteiger partial charge in [-0.05, 0) is 65.8 Å². The Balaban J connectivity index is 0.941. The van der Waals surface area contributed by atoms with Gasteiger partial charge in [-0.2, -0.15) is 0 Å². The van der Waals surface area contributed by atoms with Crippen LogP contribution in [0.1, 0.15) is 29.9 Å². The van der Waals surface area contributed by atoms with Gasteiger partial charge in [0.1, 0.15) is 11.3 Å². The molecular weight excluding hydrogens is 751 g/mol. The van der Waals surface area contributed by atoms with E-state index in [1.54, 1.807) is 0 Å². The number of thiophene rings is 1. The van der Waals surface area contributed by atoms with Gasteiger partial charge in [-0.1, -0.05) is 158 Å². The summed E-state index contributed by atoms with van der Waals surface area (Å²) in [4.78, 5) is 15.8. The number of fused-ring (bicyclic) bond motifs is 8. The first-order chi connectivity index (χ1) is 29.7. The van der Waals surface area contributed by atoms with Crippen LogP contribution in [0.2, 0.25) is 0 Å². The highest BCUT2D eigenvalue weighted by atomic mass is 32.1. The average molecular weight is 788 g/mol. The van der Waals surface area contributed by atoms with Crippen LogP contribution in [-0.2, 0) is 6.42 Å². The summed E-state index contributed by atoms with van der Waals surface area (Å²) >= 11 is 1.82. The molecule has 0 fully saturated rings. The van der Waals surface area contributed by atoms with Crippen molar-refractivity contribution in [1.29, 1.82) is 0 Å². The second-order valence-electron chi connectivity index (χ2n) is 15.7. The van der Waals surface area contributed by atoms with Gasteiger partial charge < -0.3 is 4.42 Å². The third-order valence-corrected chi connectivity index (χ3v) is 13.3. The fraction of sp³-hybridized carbons (Fsp3) is 0.0727. The van der Waals surface area contributed by atoms with Crippen LogP contribution >= 0.6 is 11.3 Å². The first kappa shape index (κ1) is 34.8. The minimum absolute atomic E-state index is 0.187. The molecule has 0 radical (unpaired) electrons. The fourth-order valence-electron chi connectivity index (χ4n) is 9.30. The maximum Gasteiger partial charge on any atom is 0.160 e. The number of hydrogen-bond donors (Lipinski definition) is 0. The van der Waals surface area contributed by atoms with Gasteiger partial charge in [0.15, 0.2) is 5.82 Å². The van der Waals surface area contributed by atoms with Crippen LogP contribution in [0, 0.1) is 5.92 Å². The molecule has 0 bridgehead atoms. The maximum absolute atomic E-state index is 6.53.